The summed E-state index contributed by atoms with van der Waals surface area (Å²) in [6.45, 7) is 4.68. The van der Waals surface area contributed by atoms with Crippen LogP contribution in [0.15, 0.2) is 156 Å². The van der Waals surface area contributed by atoms with E-state index in [0.717, 1.165) is 71.6 Å². The molecule has 3 heterocycles. The maximum absolute atomic E-state index is 6.52. The Morgan fingerprint density at radius 1 is 0.490 bits per heavy atom. The Morgan fingerprint density at radius 2 is 1.22 bits per heavy atom. The van der Waals surface area contributed by atoms with E-state index in [1.165, 1.54) is 27.6 Å². The van der Waals surface area contributed by atoms with Crippen molar-refractivity contribution in [2.75, 3.05) is 0 Å². The van der Waals surface area contributed by atoms with E-state index in [2.05, 4.69) is 152 Å². The van der Waals surface area contributed by atoms with Gasteiger partial charge in [0.15, 0.2) is 0 Å². The third-order valence-electron chi connectivity index (χ3n) is 11.0. The summed E-state index contributed by atoms with van der Waals surface area (Å²) in [4.78, 5) is 10.7. The van der Waals surface area contributed by atoms with Crippen molar-refractivity contribution < 1.29 is 4.42 Å². The number of rotatable bonds is 3. The van der Waals surface area contributed by atoms with Crippen molar-refractivity contribution in [1.29, 1.82) is 0 Å². The highest BCUT2D eigenvalue weighted by Crippen LogP contribution is 2.51. The molecule has 0 aliphatic heterocycles. The van der Waals surface area contributed by atoms with Gasteiger partial charge in [0.05, 0.1) is 22.2 Å². The van der Waals surface area contributed by atoms with E-state index in [1.807, 2.05) is 18.2 Å². The lowest BCUT2D eigenvalue weighted by Gasteiger charge is -2.21. The van der Waals surface area contributed by atoms with Crippen molar-refractivity contribution in [2.24, 2.45) is 0 Å². The second-order valence-corrected chi connectivity index (χ2v) is 14.2. The summed E-state index contributed by atoms with van der Waals surface area (Å²) in [5, 5.41) is 5.63. The van der Waals surface area contributed by atoms with Crippen LogP contribution in [0.3, 0.4) is 0 Å². The standard InChI is InChI=1S/C47H31N3O/c1-47(2)38-20-9-6-15-31(38)36-27-42-37(26-39(36)47)32-24-23-29(30-18-12-19-34-33-16-8-11-22-43(33)51-45(30)34)25-41(32)50(42)46-48-40-21-10-7-17-35(40)44(49-46)28-13-4-3-5-14-28/h3-27H,1-2H3. The lowest BCUT2D eigenvalue weighted by molar-refractivity contribution is 0.661. The monoisotopic (exact) mass is 653 g/mol. The summed E-state index contributed by atoms with van der Waals surface area (Å²) in [6.07, 6.45) is 0. The number of hydrogen-bond acceptors (Lipinski definition) is 3. The summed E-state index contributed by atoms with van der Waals surface area (Å²) >= 11 is 0. The van der Waals surface area contributed by atoms with E-state index in [-0.39, 0.29) is 5.41 Å². The molecule has 0 unspecified atom stereocenters. The smallest absolute Gasteiger partial charge is 0.235 e. The van der Waals surface area contributed by atoms with Crippen LogP contribution in [-0.4, -0.2) is 14.5 Å². The first kappa shape index (κ1) is 28.3. The molecular formula is C47H31N3O. The first-order valence-corrected chi connectivity index (χ1v) is 17.5. The molecule has 0 atom stereocenters. The van der Waals surface area contributed by atoms with Crippen molar-refractivity contribution in [2.45, 2.75) is 19.3 Å². The Labute approximate surface area is 294 Å². The van der Waals surface area contributed by atoms with Gasteiger partial charge in [0, 0.05) is 43.5 Å². The fourth-order valence-corrected chi connectivity index (χ4v) is 8.55. The average Bonchev–Trinajstić information content (AvgIpc) is 3.79. The Morgan fingerprint density at radius 3 is 2.12 bits per heavy atom. The highest BCUT2D eigenvalue weighted by atomic mass is 16.3. The zero-order chi connectivity index (χ0) is 33.8. The molecule has 0 saturated carbocycles. The maximum atomic E-state index is 6.52. The van der Waals surface area contributed by atoms with Crippen LogP contribution in [0.25, 0.3) is 94.1 Å². The predicted molar refractivity (Wildman–Crippen MR) is 210 cm³/mol. The fourth-order valence-electron chi connectivity index (χ4n) is 8.55. The molecule has 4 nitrogen and oxygen atoms in total. The zero-order valence-corrected chi connectivity index (χ0v) is 28.2. The number of fused-ring (bicyclic) bond motifs is 10. The minimum Gasteiger partial charge on any atom is -0.455 e. The van der Waals surface area contributed by atoms with Gasteiger partial charge in [-0.25, -0.2) is 9.97 Å². The molecule has 0 radical (unpaired) electrons. The van der Waals surface area contributed by atoms with Crippen molar-refractivity contribution in [3.8, 4) is 39.5 Å². The molecule has 0 saturated heterocycles. The molecule has 0 spiro atoms. The second kappa shape index (κ2) is 10.3. The third-order valence-corrected chi connectivity index (χ3v) is 11.0. The molecule has 0 bridgehead atoms. The van der Waals surface area contributed by atoms with Gasteiger partial charge in [0.1, 0.15) is 11.2 Å². The molecule has 0 amide bonds. The first-order chi connectivity index (χ1) is 25.0. The van der Waals surface area contributed by atoms with Crippen LogP contribution in [0.2, 0.25) is 0 Å². The van der Waals surface area contributed by atoms with Gasteiger partial charge in [0.25, 0.3) is 0 Å². The quantitative estimate of drug-likeness (QED) is 0.191. The molecular weight excluding hydrogens is 623 g/mol. The Hall–Kier alpha value is -6.52. The largest absolute Gasteiger partial charge is 0.455 e. The molecule has 7 aromatic carbocycles. The fraction of sp³-hybridized carbons (Fsp3) is 0.0638. The zero-order valence-electron chi connectivity index (χ0n) is 28.2. The Bertz CT molecular complexity index is 3060. The SMILES string of the molecule is CC1(C)c2ccccc2-c2cc3c(cc21)c1ccc(-c2cccc4c2oc2ccccc24)cc1n3-c1nc(-c2ccccc2)c2ccccc2n1. The highest BCUT2D eigenvalue weighted by Gasteiger charge is 2.36. The van der Waals surface area contributed by atoms with Crippen molar-refractivity contribution in [3.63, 3.8) is 0 Å². The van der Waals surface area contributed by atoms with Crippen molar-refractivity contribution in [3.05, 3.63) is 163 Å². The van der Waals surface area contributed by atoms with Crippen LogP contribution in [0, 0.1) is 0 Å². The molecule has 240 valence electrons. The Balaban J connectivity index is 1.25. The number of furan rings is 1. The molecule has 1 aliphatic rings. The molecule has 1 aliphatic carbocycles. The van der Waals surface area contributed by atoms with E-state index >= 15 is 0 Å². The van der Waals surface area contributed by atoms with E-state index in [0.29, 0.717) is 5.95 Å². The first-order valence-electron chi connectivity index (χ1n) is 17.5. The maximum Gasteiger partial charge on any atom is 0.235 e. The summed E-state index contributed by atoms with van der Waals surface area (Å²) in [5.74, 6) is 0.650. The highest BCUT2D eigenvalue weighted by molar-refractivity contribution is 6.14. The summed E-state index contributed by atoms with van der Waals surface area (Å²) in [6, 6.07) is 53.9. The minimum atomic E-state index is -0.120. The van der Waals surface area contributed by atoms with Crippen molar-refractivity contribution >= 4 is 54.6 Å². The van der Waals surface area contributed by atoms with Gasteiger partial charge in [0.2, 0.25) is 5.95 Å². The van der Waals surface area contributed by atoms with Gasteiger partial charge in [-0.1, -0.05) is 135 Å². The summed E-state index contributed by atoms with van der Waals surface area (Å²) in [5.41, 5.74) is 14.1. The topological polar surface area (TPSA) is 43.9 Å². The molecule has 11 rings (SSSR count). The number of hydrogen-bond donors (Lipinski definition) is 0. The molecule has 3 aromatic heterocycles. The van der Waals surface area contributed by atoms with Crippen LogP contribution in [-0.2, 0) is 5.41 Å². The normalized spacial score (nSPS) is 13.5. The molecule has 0 N–H and O–H groups in total. The van der Waals surface area contributed by atoms with Gasteiger partial charge in [-0.3, -0.25) is 4.57 Å². The molecule has 4 heteroatoms. The lowest BCUT2D eigenvalue weighted by atomic mass is 9.82. The lowest BCUT2D eigenvalue weighted by Crippen LogP contribution is -2.14. The van der Waals surface area contributed by atoms with Gasteiger partial charge < -0.3 is 4.42 Å². The third kappa shape index (κ3) is 3.96. The molecule has 51 heavy (non-hydrogen) atoms. The minimum absolute atomic E-state index is 0.120. The van der Waals surface area contributed by atoms with Gasteiger partial charge in [-0.15, -0.1) is 0 Å². The van der Waals surface area contributed by atoms with Gasteiger partial charge >= 0.3 is 0 Å². The second-order valence-electron chi connectivity index (χ2n) is 14.2. The summed E-state index contributed by atoms with van der Waals surface area (Å²) in [7, 11) is 0. The van der Waals surface area contributed by atoms with Gasteiger partial charge in [-0.2, -0.15) is 0 Å². The van der Waals surface area contributed by atoms with Crippen LogP contribution < -0.4 is 0 Å². The van der Waals surface area contributed by atoms with E-state index in [1.54, 1.807) is 0 Å². The Kier molecular flexibility index (Phi) is 5.70. The molecule has 10 aromatic rings. The molecule has 0 fully saturated rings. The predicted octanol–water partition coefficient (Wildman–Crippen LogP) is 12.3. The number of aromatic nitrogens is 3. The van der Waals surface area contributed by atoms with Crippen LogP contribution in [0.4, 0.5) is 0 Å². The van der Waals surface area contributed by atoms with E-state index in [9.17, 15) is 0 Å². The number of benzene rings is 7. The summed E-state index contributed by atoms with van der Waals surface area (Å²) < 4.78 is 8.79. The van der Waals surface area contributed by atoms with Crippen LogP contribution in [0.5, 0.6) is 0 Å². The van der Waals surface area contributed by atoms with Crippen LogP contribution in [0.1, 0.15) is 25.0 Å². The van der Waals surface area contributed by atoms with Gasteiger partial charge in [-0.05, 0) is 58.1 Å². The van der Waals surface area contributed by atoms with E-state index < -0.39 is 0 Å². The number of nitrogens with zero attached hydrogens (tertiary/aromatic N) is 3. The number of para-hydroxylation sites is 3. The van der Waals surface area contributed by atoms with E-state index in [4.69, 9.17) is 14.4 Å². The average molecular weight is 654 g/mol. The van der Waals surface area contributed by atoms with Crippen molar-refractivity contribution in [1.82, 2.24) is 14.5 Å². The van der Waals surface area contributed by atoms with Crippen LogP contribution >= 0.6 is 0 Å².